The molecular weight excluding hydrogens is 216 g/mol. The van der Waals surface area contributed by atoms with E-state index in [2.05, 4.69) is 33.9 Å². The average molecular weight is 236 g/mol. The molecule has 1 N–H and O–H groups in total. The van der Waals surface area contributed by atoms with Gasteiger partial charge in [-0.3, -0.25) is 9.69 Å². The van der Waals surface area contributed by atoms with Gasteiger partial charge in [-0.1, -0.05) is 6.92 Å². The number of nitrogens with zero attached hydrogens (tertiary/aromatic N) is 3. The number of likely N-dealkylation sites (N-methyl/N-ethyl adjacent to an activating group) is 2. The van der Waals surface area contributed by atoms with E-state index in [1.165, 1.54) is 0 Å². The molecule has 1 fully saturated rings. The highest BCUT2D eigenvalue weighted by Crippen LogP contribution is 2.19. The van der Waals surface area contributed by atoms with Crippen LogP contribution in [0.15, 0.2) is 10.9 Å². The highest BCUT2D eigenvalue weighted by molar-refractivity contribution is 5.06. The summed E-state index contributed by atoms with van der Waals surface area (Å²) in [5.74, 6) is 0.795. The van der Waals surface area contributed by atoms with Gasteiger partial charge in [-0.25, -0.2) is 4.98 Å². The zero-order chi connectivity index (χ0) is 12.4. The van der Waals surface area contributed by atoms with E-state index in [0.29, 0.717) is 0 Å². The summed E-state index contributed by atoms with van der Waals surface area (Å²) in [6, 6.07) is 1.77. The lowest BCUT2D eigenvalue weighted by atomic mass is 10.1. The molecular formula is C12H20N4O. The quantitative estimate of drug-likeness (QED) is 0.800. The van der Waals surface area contributed by atoms with Crippen LogP contribution in [0.4, 0.5) is 0 Å². The zero-order valence-corrected chi connectivity index (χ0v) is 10.7. The molecule has 2 rings (SSSR count). The van der Waals surface area contributed by atoms with Gasteiger partial charge in [0, 0.05) is 31.4 Å². The first-order valence-electron chi connectivity index (χ1n) is 6.09. The molecule has 1 unspecified atom stereocenters. The first kappa shape index (κ1) is 12.3. The highest BCUT2D eigenvalue weighted by Gasteiger charge is 2.25. The van der Waals surface area contributed by atoms with E-state index in [9.17, 15) is 4.79 Å². The maximum atomic E-state index is 11.6. The molecule has 1 aromatic heterocycles. The van der Waals surface area contributed by atoms with Crippen LogP contribution in [0, 0.1) is 0 Å². The van der Waals surface area contributed by atoms with Gasteiger partial charge in [0.2, 0.25) is 0 Å². The van der Waals surface area contributed by atoms with Crippen molar-refractivity contribution in [1.82, 2.24) is 19.8 Å². The molecule has 0 bridgehead atoms. The minimum atomic E-state index is -0.0477. The molecule has 1 saturated heterocycles. The van der Waals surface area contributed by atoms with Crippen molar-refractivity contribution in [3.8, 4) is 0 Å². The summed E-state index contributed by atoms with van der Waals surface area (Å²) >= 11 is 0. The van der Waals surface area contributed by atoms with Crippen LogP contribution in [0.2, 0.25) is 0 Å². The average Bonchev–Trinajstić information content (AvgIpc) is 2.31. The molecule has 0 aromatic carbocycles. The number of hydrogen-bond acceptors (Lipinski definition) is 4. The van der Waals surface area contributed by atoms with Crippen LogP contribution >= 0.6 is 0 Å². The second-order valence-electron chi connectivity index (χ2n) is 4.73. The standard InChI is InChI=1S/C12H20N4O/c1-4-9-7-11(17)14-12(13-9)10-8-15(2)5-6-16(10)3/h7,10H,4-6,8H2,1-3H3,(H,13,14,17). The second kappa shape index (κ2) is 4.98. The fraction of sp³-hybridized carbons (Fsp3) is 0.667. The molecule has 94 valence electrons. The molecule has 1 aliphatic rings. The van der Waals surface area contributed by atoms with Crippen molar-refractivity contribution in [2.45, 2.75) is 19.4 Å². The van der Waals surface area contributed by atoms with Crippen LogP contribution in [0.5, 0.6) is 0 Å². The summed E-state index contributed by atoms with van der Waals surface area (Å²) in [5, 5.41) is 0. The SMILES string of the molecule is CCc1cc(=O)[nH]c(C2CN(C)CCN2C)n1. The van der Waals surface area contributed by atoms with Crippen LogP contribution in [-0.4, -0.2) is 53.5 Å². The molecule has 0 amide bonds. The summed E-state index contributed by atoms with van der Waals surface area (Å²) in [7, 11) is 4.18. The third-order valence-corrected chi connectivity index (χ3v) is 3.34. The lowest BCUT2D eigenvalue weighted by Gasteiger charge is -2.36. The Morgan fingerprint density at radius 2 is 2.24 bits per heavy atom. The van der Waals surface area contributed by atoms with E-state index < -0.39 is 0 Å². The van der Waals surface area contributed by atoms with Crippen molar-refractivity contribution in [2.75, 3.05) is 33.7 Å². The highest BCUT2D eigenvalue weighted by atomic mass is 16.1. The van der Waals surface area contributed by atoms with Gasteiger partial charge in [-0.05, 0) is 20.5 Å². The molecule has 0 aliphatic carbocycles. The smallest absolute Gasteiger partial charge is 0.251 e. The van der Waals surface area contributed by atoms with Gasteiger partial charge in [0.25, 0.3) is 5.56 Å². The molecule has 1 aliphatic heterocycles. The predicted octanol–water partition coefficient (Wildman–Crippen LogP) is 0.251. The van der Waals surface area contributed by atoms with Crippen molar-refractivity contribution < 1.29 is 0 Å². The van der Waals surface area contributed by atoms with E-state index >= 15 is 0 Å². The van der Waals surface area contributed by atoms with E-state index in [1.807, 2.05) is 6.92 Å². The fourth-order valence-electron chi connectivity index (χ4n) is 2.17. The number of aromatic amines is 1. The predicted molar refractivity (Wildman–Crippen MR) is 67.1 cm³/mol. The molecule has 0 radical (unpaired) electrons. The van der Waals surface area contributed by atoms with Gasteiger partial charge in [0.1, 0.15) is 5.82 Å². The number of aromatic nitrogens is 2. The molecule has 0 saturated carbocycles. The van der Waals surface area contributed by atoms with E-state index in [0.717, 1.165) is 37.6 Å². The Kier molecular flexibility index (Phi) is 3.59. The summed E-state index contributed by atoms with van der Waals surface area (Å²) in [5.41, 5.74) is 0.818. The van der Waals surface area contributed by atoms with Crippen molar-refractivity contribution in [2.24, 2.45) is 0 Å². The van der Waals surface area contributed by atoms with Gasteiger partial charge in [0.15, 0.2) is 0 Å². The molecule has 5 heteroatoms. The van der Waals surface area contributed by atoms with Crippen LogP contribution in [-0.2, 0) is 6.42 Å². The van der Waals surface area contributed by atoms with E-state index in [-0.39, 0.29) is 11.6 Å². The summed E-state index contributed by atoms with van der Waals surface area (Å²) < 4.78 is 0. The normalized spacial score (nSPS) is 22.9. The Bertz CT molecular complexity index is 442. The first-order valence-corrected chi connectivity index (χ1v) is 6.09. The minimum absolute atomic E-state index is 0.0477. The summed E-state index contributed by atoms with van der Waals surface area (Å²) in [6.07, 6.45) is 0.795. The van der Waals surface area contributed by atoms with Gasteiger partial charge in [0.05, 0.1) is 6.04 Å². The Balaban J connectivity index is 2.31. The molecule has 2 heterocycles. The zero-order valence-electron chi connectivity index (χ0n) is 10.7. The van der Waals surface area contributed by atoms with Crippen molar-refractivity contribution >= 4 is 0 Å². The van der Waals surface area contributed by atoms with E-state index in [4.69, 9.17) is 0 Å². The monoisotopic (exact) mass is 236 g/mol. The topological polar surface area (TPSA) is 52.2 Å². The number of nitrogens with one attached hydrogen (secondary N) is 1. The van der Waals surface area contributed by atoms with E-state index in [1.54, 1.807) is 6.07 Å². The lowest BCUT2D eigenvalue weighted by Crippen LogP contribution is -2.45. The lowest BCUT2D eigenvalue weighted by molar-refractivity contribution is 0.109. The van der Waals surface area contributed by atoms with Crippen LogP contribution in [0.1, 0.15) is 24.5 Å². The maximum absolute atomic E-state index is 11.6. The van der Waals surface area contributed by atoms with Crippen LogP contribution in [0.25, 0.3) is 0 Å². The molecule has 0 spiro atoms. The third kappa shape index (κ3) is 2.73. The number of piperazine rings is 1. The Morgan fingerprint density at radius 1 is 1.47 bits per heavy atom. The number of H-pyrrole nitrogens is 1. The van der Waals surface area contributed by atoms with Gasteiger partial charge >= 0.3 is 0 Å². The fourth-order valence-corrected chi connectivity index (χ4v) is 2.17. The largest absolute Gasteiger partial charge is 0.309 e. The first-order chi connectivity index (χ1) is 8.10. The van der Waals surface area contributed by atoms with Crippen molar-refractivity contribution in [3.63, 3.8) is 0 Å². The minimum Gasteiger partial charge on any atom is -0.309 e. The van der Waals surface area contributed by atoms with Gasteiger partial charge in [-0.15, -0.1) is 0 Å². The molecule has 1 atom stereocenters. The van der Waals surface area contributed by atoms with Crippen molar-refractivity contribution in [3.05, 3.63) is 27.9 Å². The number of hydrogen-bond donors (Lipinski definition) is 1. The molecule has 1 aromatic rings. The number of aryl methyl sites for hydroxylation is 1. The van der Waals surface area contributed by atoms with Gasteiger partial charge in [-0.2, -0.15) is 0 Å². The third-order valence-electron chi connectivity index (χ3n) is 3.34. The number of rotatable bonds is 2. The Labute approximate surface area is 101 Å². The summed E-state index contributed by atoms with van der Waals surface area (Å²) in [6.45, 7) is 4.99. The van der Waals surface area contributed by atoms with Crippen LogP contribution in [0.3, 0.4) is 0 Å². The maximum Gasteiger partial charge on any atom is 0.251 e. The molecule has 17 heavy (non-hydrogen) atoms. The van der Waals surface area contributed by atoms with Crippen molar-refractivity contribution in [1.29, 1.82) is 0 Å². The molecule has 5 nitrogen and oxygen atoms in total. The Hall–Kier alpha value is -1.20. The van der Waals surface area contributed by atoms with Crippen LogP contribution < -0.4 is 5.56 Å². The Morgan fingerprint density at radius 3 is 2.94 bits per heavy atom. The van der Waals surface area contributed by atoms with Gasteiger partial charge < -0.3 is 9.88 Å². The second-order valence-corrected chi connectivity index (χ2v) is 4.73. The summed E-state index contributed by atoms with van der Waals surface area (Å²) in [4.78, 5) is 23.5.